The summed E-state index contributed by atoms with van der Waals surface area (Å²) in [5.74, 6) is -0.0868. The van der Waals surface area contributed by atoms with Crippen LogP contribution >= 0.6 is 11.3 Å². The van der Waals surface area contributed by atoms with Gasteiger partial charge in [-0.05, 0) is 41.5 Å². The van der Waals surface area contributed by atoms with Crippen molar-refractivity contribution >= 4 is 33.1 Å². The summed E-state index contributed by atoms with van der Waals surface area (Å²) in [6.07, 6.45) is 0. The molecule has 0 atom stereocenters. The monoisotopic (exact) mass is 295 g/mol. The first-order valence-electron chi connectivity index (χ1n) is 6.77. The van der Waals surface area contributed by atoms with Crippen LogP contribution in [0.15, 0.2) is 41.9 Å². The number of amides is 1. The number of hydrogen-bond donors (Lipinski definition) is 2. The second kappa shape index (κ2) is 4.95. The van der Waals surface area contributed by atoms with Crippen LogP contribution in [0.1, 0.15) is 21.5 Å². The summed E-state index contributed by atoms with van der Waals surface area (Å²) in [7, 11) is 0. The first-order chi connectivity index (χ1) is 10.3. The van der Waals surface area contributed by atoms with Crippen molar-refractivity contribution in [2.75, 3.05) is 5.32 Å². The highest BCUT2D eigenvalue weighted by Crippen LogP contribution is 2.22. The molecule has 1 aliphatic heterocycles. The molecule has 0 saturated carbocycles. The van der Waals surface area contributed by atoms with Gasteiger partial charge in [-0.25, -0.2) is 4.98 Å². The SMILES string of the molecule is O=C(Nc1ccc2c(c1)CNC2)c1ccc2ncsc2c1. The van der Waals surface area contributed by atoms with Crippen LogP contribution < -0.4 is 10.6 Å². The molecule has 104 valence electrons. The van der Waals surface area contributed by atoms with Crippen molar-refractivity contribution in [2.45, 2.75) is 13.1 Å². The van der Waals surface area contributed by atoms with E-state index in [9.17, 15) is 4.79 Å². The second-order valence-electron chi connectivity index (χ2n) is 5.08. The molecule has 0 fully saturated rings. The summed E-state index contributed by atoms with van der Waals surface area (Å²) in [6, 6.07) is 11.6. The molecule has 4 nitrogen and oxygen atoms in total. The maximum atomic E-state index is 12.3. The number of thiazole rings is 1. The van der Waals surface area contributed by atoms with Crippen molar-refractivity contribution in [3.05, 3.63) is 58.6 Å². The summed E-state index contributed by atoms with van der Waals surface area (Å²) in [5, 5.41) is 6.26. The van der Waals surface area contributed by atoms with Gasteiger partial charge in [0.05, 0.1) is 15.7 Å². The fraction of sp³-hybridized carbons (Fsp3) is 0.125. The van der Waals surface area contributed by atoms with Crippen LogP contribution in [0.25, 0.3) is 10.2 Å². The quantitative estimate of drug-likeness (QED) is 0.763. The molecule has 0 radical (unpaired) electrons. The highest BCUT2D eigenvalue weighted by atomic mass is 32.1. The van der Waals surface area contributed by atoms with Crippen molar-refractivity contribution < 1.29 is 4.79 Å². The maximum Gasteiger partial charge on any atom is 0.255 e. The molecule has 1 aliphatic rings. The fourth-order valence-electron chi connectivity index (χ4n) is 2.57. The summed E-state index contributed by atoms with van der Waals surface area (Å²) in [4.78, 5) is 16.6. The van der Waals surface area contributed by atoms with E-state index in [1.807, 2.05) is 30.3 Å². The number of rotatable bonds is 2. The molecular weight excluding hydrogens is 282 g/mol. The molecule has 0 unspecified atom stereocenters. The van der Waals surface area contributed by atoms with Crippen molar-refractivity contribution in [3.8, 4) is 0 Å². The van der Waals surface area contributed by atoms with E-state index >= 15 is 0 Å². The number of fused-ring (bicyclic) bond motifs is 2. The Morgan fingerprint density at radius 1 is 1.14 bits per heavy atom. The Labute approximate surface area is 125 Å². The largest absolute Gasteiger partial charge is 0.322 e. The summed E-state index contributed by atoms with van der Waals surface area (Å²) < 4.78 is 1.03. The average Bonchev–Trinajstić information content (AvgIpc) is 3.14. The summed E-state index contributed by atoms with van der Waals surface area (Å²) in [6.45, 7) is 1.78. The molecule has 2 heterocycles. The van der Waals surface area contributed by atoms with E-state index in [0.717, 1.165) is 29.0 Å². The molecule has 0 saturated heterocycles. The third-order valence-corrected chi connectivity index (χ3v) is 4.48. The molecule has 4 rings (SSSR count). The first kappa shape index (κ1) is 12.5. The van der Waals surface area contributed by atoms with E-state index in [-0.39, 0.29) is 5.91 Å². The number of aromatic nitrogens is 1. The molecule has 5 heteroatoms. The Morgan fingerprint density at radius 3 is 3.00 bits per heavy atom. The van der Waals surface area contributed by atoms with Crippen molar-refractivity contribution in [1.29, 1.82) is 0 Å². The predicted molar refractivity (Wildman–Crippen MR) is 84.6 cm³/mol. The lowest BCUT2D eigenvalue weighted by Crippen LogP contribution is -2.11. The Hall–Kier alpha value is -2.24. The van der Waals surface area contributed by atoms with Crippen molar-refractivity contribution in [1.82, 2.24) is 10.3 Å². The van der Waals surface area contributed by atoms with Crippen LogP contribution in [0.2, 0.25) is 0 Å². The molecule has 1 amide bonds. The van der Waals surface area contributed by atoms with Crippen LogP contribution in [0, 0.1) is 0 Å². The van der Waals surface area contributed by atoms with Gasteiger partial charge in [0, 0.05) is 24.3 Å². The van der Waals surface area contributed by atoms with Crippen LogP contribution in [-0.2, 0) is 13.1 Å². The summed E-state index contributed by atoms with van der Waals surface area (Å²) >= 11 is 1.54. The average molecular weight is 295 g/mol. The van der Waals surface area contributed by atoms with Crippen LogP contribution in [-0.4, -0.2) is 10.9 Å². The molecule has 3 aromatic rings. The lowest BCUT2D eigenvalue weighted by molar-refractivity contribution is 0.102. The van der Waals surface area contributed by atoms with E-state index in [4.69, 9.17) is 0 Å². The van der Waals surface area contributed by atoms with Gasteiger partial charge in [0.25, 0.3) is 5.91 Å². The zero-order valence-corrected chi connectivity index (χ0v) is 12.0. The molecule has 1 aromatic heterocycles. The Bertz CT molecular complexity index is 840. The van der Waals surface area contributed by atoms with Gasteiger partial charge in [0.15, 0.2) is 0 Å². The highest BCUT2D eigenvalue weighted by Gasteiger charge is 2.12. The lowest BCUT2D eigenvalue weighted by Gasteiger charge is -2.07. The molecule has 0 aliphatic carbocycles. The van der Waals surface area contributed by atoms with E-state index < -0.39 is 0 Å². The smallest absolute Gasteiger partial charge is 0.255 e. The number of nitrogens with one attached hydrogen (secondary N) is 2. The van der Waals surface area contributed by atoms with Gasteiger partial charge < -0.3 is 10.6 Å². The van der Waals surface area contributed by atoms with Crippen LogP contribution in [0.4, 0.5) is 5.69 Å². The summed E-state index contributed by atoms with van der Waals surface area (Å²) in [5.41, 5.74) is 6.78. The third-order valence-electron chi connectivity index (χ3n) is 3.69. The van der Waals surface area contributed by atoms with Gasteiger partial charge in [-0.15, -0.1) is 11.3 Å². The second-order valence-corrected chi connectivity index (χ2v) is 5.96. The van der Waals surface area contributed by atoms with E-state index in [2.05, 4.69) is 21.7 Å². The minimum Gasteiger partial charge on any atom is -0.322 e. The first-order valence-corrected chi connectivity index (χ1v) is 7.65. The van der Waals surface area contributed by atoms with Gasteiger partial charge in [0.1, 0.15) is 0 Å². The van der Waals surface area contributed by atoms with Crippen LogP contribution in [0.3, 0.4) is 0 Å². The number of anilines is 1. The standard InChI is InChI=1S/C16H13N3OS/c20-16(10-2-4-14-15(6-10)21-9-18-14)19-13-3-1-11-7-17-8-12(11)5-13/h1-6,9,17H,7-8H2,(H,19,20). The minimum atomic E-state index is -0.0868. The Morgan fingerprint density at radius 2 is 2.05 bits per heavy atom. The molecule has 2 aromatic carbocycles. The molecular formula is C16H13N3OS. The highest BCUT2D eigenvalue weighted by molar-refractivity contribution is 7.16. The number of nitrogens with zero attached hydrogens (tertiary/aromatic N) is 1. The molecule has 2 N–H and O–H groups in total. The number of carbonyl (C=O) groups excluding carboxylic acids is 1. The zero-order valence-electron chi connectivity index (χ0n) is 11.2. The van der Waals surface area contributed by atoms with Gasteiger partial charge in [-0.2, -0.15) is 0 Å². The lowest BCUT2D eigenvalue weighted by atomic mass is 10.1. The number of hydrogen-bond acceptors (Lipinski definition) is 4. The van der Waals surface area contributed by atoms with E-state index in [1.165, 1.54) is 11.1 Å². The minimum absolute atomic E-state index is 0.0868. The molecule has 21 heavy (non-hydrogen) atoms. The van der Waals surface area contributed by atoms with Crippen molar-refractivity contribution in [3.63, 3.8) is 0 Å². The molecule has 0 spiro atoms. The van der Waals surface area contributed by atoms with Crippen LogP contribution in [0.5, 0.6) is 0 Å². The Balaban J connectivity index is 1.60. The Kier molecular flexibility index (Phi) is 2.94. The van der Waals surface area contributed by atoms with Gasteiger partial charge >= 0.3 is 0 Å². The van der Waals surface area contributed by atoms with E-state index in [0.29, 0.717) is 5.56 Å². The van der Waals surface area contributed by atoms with Gasteiger partial charge in [0.2, 0.25) is 0 Å². The van der Waals surface area contributed by atoms with Crippen molar-refractivity contribution in [2.24, 2.45) is 0 Å². The zero-order chi connectivity index (χ0) is 14.2. The van der Waals surface area contributed by atoms with Gasteiger partial charge in [-0.1, -0.05) is 6.07 Å². The fourth-order valence-corrected chi connectivity index (χ4v) is 3.29. The topological polar surface area (TPSA) is 54.0 Å². The number of carbonyl (C=O) groups is 1. The van der Waals surface area contributed by atoms with Gasteiger partial charge in [-0.3, -0.25) is 4.79 Å². The third kappa shape index (κ3) is 2.30. The predicted octanol–water partition coefficient (Wildman–Crippen LogP) is 3.15. The normalized spacial score (nSPS) is 13.3. The maximum absolute atomic E-state index is 12.3. The number of benzene rings is 2. The van der Waals surface area contributed by atoms with E-state index in [1.54, 1.807) is 16.8 Å². The molecule has 0 bridgehead atoms.